The minimum atomic E-state index is -0.956. The smallest absolute Gasteiger partial charge is 0.161 e. The van der Waals surface area contributed by atoms with Gasteiger partial charge in [0, 0.05) is 18.2 Å². The Morgan fingerprint density at radius 1 is 1.19 bits per heavy atom. The lowest BCUT2D eigenvalue weighted by atomic mass is 10.1. The van der Waals surface area contributed by atoms with Crippen LogP contribution in [-0.4, -0.2) is 17.1 Å². The normalized spacial score (nSPS) is 11.0. The number of fused-ring (bicyclic) bond motifs is 1. The molecule has 0 spiro atoms. The van der Waals surface area contributed by atoms with Gasteiger partial charge in [-0.15, -0.1) is 0 Å². The zero-order valence-electron chi connectivity index (χ0n) is 10.9. The summed E-state index contributed by atoms with van der Waals surface area (Å²) in [7, 11) is 1.48. The molecule has 108 valence electrons. The third-order valence-electron chi connectivity index (χ3n) is 3.10. The fraction of sp³-hybridized carbons (Fsp3) is 0.0714. The molecule has 7 heteroatoms. The Balaban J connectivity index is 2.23. The molecule has 3 rings (SSSR count). The standard InChI is InChI=1S/C14H10ClF2N3O/c1-21-13-5-10(18)7(15)2-6(13)14-19-11-3-8(16)9(17)4-12(11)20-14/h2-5H,18H2,1H3,(H,19,20). The fourth-order valence-electron chi connectivity index (χ4n) is 2.06. The number of methoxy groups -OCH3 is 1. The maximum atomic E-state index is 13.2. The van der Waals surface area contributed by atoms with E-state index in [1.165, 1.54) is 7.11 Å². The molecule has 0 aliphatic carbocycles. The van der Waals surface area contributed by atoms with Crippen LogP contribution in [0.25, 0.3) is 22.4 Å². The summed E-state index contributed by atoms with van der Waals surface area (Å²) in [6, 6.07) is 5.22. The van der Waals surface area contributed by atoms with E-state index in [1.807, 2.05) is 0 Å². The van der Waals surface area contributed by atoms with E-state index in [0.29, 0.717) is 38.9 Å². The van der Waals surface area contributed by atoms with Gasteiger partial charge in [0.1, 0.15) is 11.6 Å². The number of ether oxygens (including phenoxy) is 1. The molecule has 0 bridgehead atoms. The first-order chi connectivity index (χ1) is 9.99. The van der Waals surface area contributed by atoms with E-state index in [-0.39, 0.29) is 0 Å². The highest BCUT2D eigenvalue weighted by Crippen LogP contribution is 2.35. The Bertz CT molecular complexity index is 809. The third-order valence-corrected chi connectivity index (χ3v) is 3.43. The summed E-state index contributed by atoms with van der Waals surface area (Å²) in [6.45, 7) is 0. The zero-order chi connectivity index (χ0) is 15.1. The summed E-state index contributed by atoms with van der Waals surface area (Å²) in [4.78, 5) is 7.13. The number of aromatic amines is 1. The van der Waals surface area contributed by atoms with Gasteiger partial charge in [0.25, 0.3) is 0 Å². The van der Waals surface area contributed by atoms with Crippen molar-refractivity contribution in [3.63, 3.8) is 0 Å². The van der Waals surface area contributed by atoms with Crippen LogP contribution in [0.4, 0.5) is 14.5 Å². The van der Waals surface area contributed by atoms with E-state index < -0.39 is 11.6 Å². The van der Waals surface area contributed by atoms with Crippen LogP contribution in [-0.2, 0) is 0 Å². The highest BCUT2D eigenvalue weighted by atomic mass is 35.5. The van der Waals surface area contributed by atoms with Gasteiger partial charge < -0.3 is 15.5 Å². The van der Waals surface area contributed by atoms with Crippen molar-refractivity contribution in [2.24, 2.45) is 0 Å². The molecule has 0 radical (unpaired) electrons. The van der Waals surface area contributed by atoms with Crippen molar-refractivity contribution in [2.45, 2.75) is 0 Å². The Labute approximate surface area is 123 Å². The van der Waals surface area contributed by atoms with Gasteiger partial charge in [-0.05, 0) is 6.07 Å². The number of rotatable bonds is 2. The number of imidazole rings is 1. The van der Waals surface area contributed by atoms with Crippen LogP contribution in [0.5, 0.6) is 5.75 Å². The second-order valence-electron chi connectivity index (χ2n) is 4.44. The number of hydrogen-bond acceptors (Lipinski definition) is 3. The lowest BCUT2D eigenvalue weighted by Gasteiger charge is -2.08. The Kier molecular flexibility index (Phi) is 3.17. The number of nitrogen functional groups attached to an aromatic ring is 1. The summed E-state index contributed by atoms with van der Waals surface area (Å²) >= 11 is 6.00. The highest BCUT2D eigenvalue weighted by molar-refractivity contribution is 6.33. The minimum Gasteiger partial charge on any atom is -0.496 e. The van der Waals surface area contributed by atoms with Gasteiger partial charge >= 0.3 is 0 Å². The molecule has 1 heterocycles. The first-order valence-corrected chi connectivity index (χ1v) is 6.35. The first kappa shape index (κ1) is 13.6. The molecule has 0 saturated heterocycles. The number of nitrogens with one attached hydrogen (secondary N) is 1. The monoisotopic (exact) mass is 309 g/mol. The Morgan fingerprint density at radius 3 is 2.62 bits per heavy atom. The molecular weight excluding hydrogens is 300 g/mol. The van der Waals surface area contributed by atoms with Crippen LogP contribution < -0.4 is 10.5 Å². The Morgan fingerprint density at radius 2 is 1.90 bits per heavy atom. The minimum absolute atomic E-state index is 0.305. The second-order valence-corrected chi connectivity index (χ2v) is 4.85. The van der Waals surface area contributed by atoms with E-state index in [4.69, 9.17) is 22.1 Å². The van der Waals surface area contributed by atoms with E-state index in [0.717, 1.165) is 12.1 Å². The zero-order valence-corrected chi connectivity index (χ0v) is 11.6. The van der Waals surface area contributed by atoms with Crippen molar-refractivity contribution in [1.29, 1.82) is 0 Å². The van der Waals surface area contributed by atoms with Gasteiger partial charge in [-0.2, -0.15) is 0 Å². The quantitative estimate of drug-likeness (QED) is 0.709. The molecule has 0 saturated carbocycles. The van der Waals surface area contributed by atoms with E-state index in [2.05, 4.69) is 9.97 Å². The molecule has 0 unspecified atom stereocenters. The topological polar surface area (TPSA) is 63.9 Å². The number of aromatic nitrogens is 2. The molecule has 2 aromatic carbocycles. The molecular formula is C14H10ClF2N3O. The van der Waals surface area contributed by atoms with Gasteiger partial charge in [0.05, 0.1) is 34.4 Å². The fourth-order valence-corrected chi connectivity index (χ4v) is 2.22. The summed E-state index contributed by atoms with van der Waals surface area (Å²) in [5, 5.41) is 0.337. The van der Waals surface area contributed by atoms with Crippen LogP contribution in [0.2, 0.25) is 5.02 Å². The maximum Gasteiger partial charge on any atom is 0.161 e. The molecule has 0 fully saturated rings. The first-order valence-electron chi connectivity index (χ1n) is 5.97. The van der Waals surface area contributed by atoms with E-state index in [1.54, 1.807) is 12.1 Å². The van der Waals surface area contributed by atoms with Gasteiger partial charge in [-0.3, -0.25) is 0 Å². The van der Waals surface area contributed by atoms with Gasteiger partial charge in [0.2, 0.25) is 0 Å². The molecule has 1 aromatic heterocycles. The van der Waals surface area contributed by atoms with Crippen molar-refractivity contribution in [1.82, 2.24) is 9.97 Å². The van der Waals surface area contributed by atoms with Crippen LogP contribution in [0.3, 0.4) is 0 Å². The third kappa shape index (κ3) is 2.27. The van der Waals surface area contributed by atoms with Gasteiger partial charge in [-0.25, -0.2) is 13.8 Å². The van der Waals surface area contributed by atoms with Crippen molar-refractivity contribution >= 4 is 28.3 Å². The number of benzene rings is 2. The molecule has 0 aliphatic heterocycles. The lowest BCUT2D eigenvalue weighted by molar-refractivity contribution is 0.416. The molecule has 0 aliphatic rings. The van der Waals surface area contributed by atoms with E-state index in [9.17, 15) is 8.78 Å². The predicted molar refractivity (Wildman–Crippen MR) is 77.4 cm³/mol. The SMILES string of the molecule is COc1cc(N)c(Cl)cc1-c1nc2cc(F)c(F)cc2[nH]1. The molecule has 21 heavy (non-hydrogen) atoms. The average molecular weight is 310 g/mol. The second kappa shape index (κ2) is 4.89. The molecule has 0 amide bonds. The van der Waals surface area contributed by atoms with Crippen molar-refractivity contribution in [2.75, 3.05) is 12.8 Å². The van der Waals surface area contributed by atoms with Crippen molar-refractivity contribution < 1.29 is 13.5 Å². The van der Waals surface area contributed by atoms with Crippen LogP contribution in [0, 0.1) is 11.6 Å². The number of H-pyrrole nitrogens is 1. The molecule has 0 atom stereocenters. The maximum absolute atomic E-state index is 13.2. The number of hydrogen-bond donors (Lipinski definition) is 2. The summed E-state index contributed by atoms with van der Waals surface area (Å²) < 4.78 is 31.7. The molecule has 4 nitrogen and oxygen atoms in total. The van der Waals surface area contributed by atoms with Crippen molar-refractivity contribution in [3.8, 4) is 17.1 Å². The lowest BCUT2D eigenvalue weighted by Crippen LogP contribution is -1.93. The number of nitrogens with zero attached hydrogens (tertiary/aromatic N) is 1. The largest absolute Gasteiger partial charge is 0.496 e. The van der Waals surface area contributed by atoms with Crippen LogP contribution in [0.1, 0.15) is 0 Å². The van der Waals surface area contributed by atoms with Gasteiger partial charge in [0.15, 0.2) is 11.6 Å². The number of anilines is 1. The van der Waals surface area contributed by atoms with Crippen LogP contribution >= 0.6 is 11.6 Å². The molecule has 3 N–H and O–H groups in total. The number of nitrogens with two attached hydrogens (primary N) is 1. The summed E-state index contributed by atoms with van der Waals surface area (Å²) in [5.41, 5.74) is 7.31. The summed E-state index contributed by atoms with van der Waals surface area (Å²) in [6.07, 6.45) is 0. The van der Waals surface area contributed by atoms with Gasteiger partial charge in [-0.1, -0.05) is 11.6 Å². The Hall–Kier alpha value is -2.34. The van der Waals surface area contributed by atoms with Crippen LogP contribution in [0.15, 0.2) is 24.3 Å². The predicted octanol–water partition coefficient (Wildman–Crippen LogP) is 3.75. The summed E-state index contributed by atoms with van der Waals surface area (Å²) in [5.74, 6) is -1.06. The average Bonchev–Trinajstić information content (AvgIpc) is 2.84. The molecule has 3 aromatic rings. The van der Waals surface area contributed by atoms with Crippen molar-refractivity contribution in [3.05, 3.63) is 40.9 Å². The highest BCUT2D eigenvalue weighted by Gasteiger charge is 2.15. The van der Waals surface area contributed by atoms with E-state index >= 15 is 0 Å². The number of halogens is 3.